The minimum Gasteiger partial charge on any atom is -0.459 e. The highest BCUT2D eigenvalue weighted by Crippen LogP contribution is 2.17. The second-order valence-electron chi connectivity index (χ2n) is 2.92. The number of esters is 1. The van der Waals surface area contributed by atoms with E-state index in [0.29, 0.717) is 5.76 Å². The number of carbonyl (C=O) groups excluding carboxylic acids is 1. The lowest BCUT2D eigenvalue weighted by Crippen LogP contribution is -2.29. The standard InChI is InChI=1S/C8H12O3/c1-5(2)8-10-6(3)4-7(9)11-8/h4-5,8H,1-3H3/t8-/m1/s1. The summed E-state index contributed by atoms with van der Waals surface area (Å²) < 4.78 is 10.1. The molecular formula is C8H12O3. The molecule has 0 amide bonds. The summed E-state index contributed by atoms with van der Waals surface area (Å²) in [7, 11) is 0. The Balaban J connectivity index is 2.64. The zero-order valence-electron chi connectivity index (χ0n) is 6.96. The molecule has 0 saturated carbocycles. The molecule has 0 bridgehead atoms. The summed E-state index contributed by atoms with van der Waals surface area (Å²) in [6, 6.07) is 0. The number of rotatable bonds is 1. The van der Waals surface area contributed by atoms with Gasteiger partial charge in [0, 0.05) is 5.92 Å². The van der Waals surface area contributed by atoms with Gasteiger partial charge in [0.25, 0.3) is 0 Å². The van der Waals surface area contributed by atoms with Crippen LogP contribution >= 0.6 is 0 Å². The van der Waals surface area contributed by atoms with Crippen molar-refractivity contribution in [2.45, 2.75) is 27.1 Å². The normalized spacial score (nSPS) is 24.2. The van der Waals surface area contributed by atoms with Crippen molar-refractivity contribution >= 4 is 5.97 Å². The molecule has 0 aromatic rings. The van der Waals surface area contributed by atoms with Gasteiger partial charge in [-0.25, -0.2) is 4.79 Å². The molecule has 0 unspecified atom stereocenters. The second-order valence-corrected chi connectivity index (χ2v) is 2.92. The molecule has 3 heteroatoms. The smallest absolute Gasteiger partial charge is 0.337 e. The fourth-order valence-corrected chi connectivity index (χ4v) is 0.828. The van der Waals surface area contributed by atoms with Gasteiger partial charge in [-0.1, -0.05) is 13.8 Å². The Morgan fingerprint density at radius 1 is 1.45 bits per heavy atom. The Bertz CT molecular complexity index is 194. The largest absolute Gasteiger partial charge is 0.459 e. The summed E-state index contributed by atoms with van der Waals surface area (Å²) in [5.41, 5.74) is 0. The minimum atomic E-state index is -0.410. The van der Waals surface area contributed by atoms with Gasteiger partial charge in [-0.15, -0.1) is 0 Å². The van der Waals surface area contributed by atoms with E-state index in [2.05, 4.69) is 0 Å². The highest BCUT2D eigenvalue weighted by molar-refractivity contribution is 5.83. The second kappa shape index (κ2) is 2.95. The first-order chi connectivity index (χ1) is 5.09. The number of ether oxygens (including phenoxy) is 2. The molecule has 1 rings (SSSR count). The van der Waals surface area contributed by atoms with Gasteiger partial charge in [0.15, 0.2) is 0 Å². The molecule has 0 aromatic carbocycles. The minimum absolute atomic E-state index is 0.197. The fourth-order valence-electron chi connectivity index (χ4n) is 0.828. The van der Waals surface area contributed by atoms with Crippen LogP contribution in [0.25, 0.3) is 0 Å². The van der Waals surface area contributed by atoms with Crippen LogP contribution in [0.1, 0.15) is 20.8 Å². The molecule has 0 N–H and O–H groups in total. The maximum Gasteiger partial charge on any atom is 0.337 e. The maximum atomic E-state index is 10.8. The van der Waals surface area contributed by atoms with Crippen molar-refractivity contribution in [1.29, 1.82) is 0 Å². The maximum absolute atomic E-state index is 10.8. The number of hydrogen-bond acceptors (Lipinski definition) is 3. The molecule has 1 aliphatic rings. The SMILES string of the molecule is CC1=CC(=O)O[C@H](C(C)C)O1. The van der Waals surface area contributed by atoms with Gasteiger partial charge in [0.1, 0.15) is 5.76 Å². The Morgan fingerprint density at radius 3 is 2.55 bits per heavy atom. The molecule has 0 fully saturated rings. The lowest BCUT2D eigenvalue weighted by molar-refractivity contribution is -0.180. The van der Waals surface area contributed by atoms with Gasteiger partial charge in [-0.05, 0) is 6.92 Å². The van der Waals surface area contributed by atoms with Crippen molar-refractivity contribution in [1.82, 2.24) is 0 Å². The highest BCUT2D eigenvalue weighted by Gasteiger charge is 2.23. The monoisotopic (exact) mass is 156 g/mol. The topological polar surface area (TPSA) is 35.5 Å². The van der Waals surface area contributed by atoms with E-state index in [1.54, 1.807) is 6.92 Å². The molecule has 0 spiro atoms. The molecule has 0 saturated heterocycles. The third-order valence-corrected chi connectivity index (χ3v) is 1.40. The van der Waals surface area contributed by atoms with Gasteiger partial charge in [-0.2, -0.15) is 0 Å². The molecule has 1 atom stereocenters. The van der Waals surface area contributed by atoms with Crippen molar-refractivity contribution in [3.05, 3.63) is 11.8 Å². The Labute approximate surface area is 66.0 Å². The summed E-state index contributed by atoms with van der Waals surface area (Å²) in [6.07, 6.45) is 0.936. The van der Waals surface area contributed by atoms with Gasteiger partial charge in [0.2, 0.25) is 6.29 Å². The average Bonchev–Trinajstić information content (AvgIpc) is 1.85. The van der Waals surface area contributed by atoms with E-state index < -0.39 is 6.29 Å². The van der Waals surface area contributed by atoms with E-state index >= 15 is 0 Å². The number of carbonyl (C=O) groups is 1. The van der Waals surface area contributed by atoms with E-state index in [1.807, 2.05) is 13.8 Å². The first kappa shape index (κ1) is 8.11. The molecule has 62 valence electrons. The quantitative estimate of drug-likeness (QED) is 0.539. The van der Waals surface area contributed by atoms with Crippen molar-refractivity contribution in [3.8, 4) is 0 Å². The predicted octanol–water partition coefficient (Wildman–Crippen LogP) is 1.45. The number of cyclic esters (lactones) is 1. The van der Waals surface area contributed by atoms with Crippen LogP contribution in [-0.2, 0) is 14.3 Å². The van der Waals surface area contributed by atoms with Crippen molar-refractivity contribution in [2.75, 3.05) is 0 Å². The zero-order chi connectivity index (χ0) is 8.43. The predicted molar refractivity (Wildman–Crippen MR) is 39.6 cm³/mol. The van der Waals surface area contributed by atoms with Crippen LogP contribution in [0.3, 0.4) is 0 Å². The van der Waals surface area contributed by atoms with E-state index in [9.17, 15) is 4.79 Å². The summed E-state index contributed by atoms with van der Waals surface area (Å²) >= 11 is 0. The van der Waals surface area contributed by atoms with E-state index in [0.717, 1.165) is 0 Å². The lowest BCUT2D eigenvalue weighted by atomic mass is 10.2. The van der Waals surface area contributed by atoms with Crippen LogP contribution in [-0.4, -0.2) is 12.3 Å². The van der Waals surface area contributed by atoms with Crippen LogP contribution in [0, 0.1) is 5.92 Å². The van der Waals surface area contributed by atoms with Crippen LogP contribution in [0.5, 0.6) is 0 Å². The number of allylic oxidation sites excluding steroid dienone is 1. The van der Waals surface area contributed by atoms with E-state index in [4.69, 9.17) is 9.47 Å². The summed E-state index contributed by atoms with van der Waals surface area (Å²) in [5.74, 6) is 0.509. The number of hydrogen-bond donors (Lipinski definition) is 0. The molecule has 11 heavy (non-hydrogen) atoms. The van der Waals surface area contributed by atoms with Crippen molar-refractivity contribution in [2.24, 2.45) is 5.92 Å². The average molecular weight is 156 g/mol. The summed E-state index contributed by atoms with van der Waals surface area (Å²) in [5, 5.41) is 0. The van der Waals surface area contributed by atoms with Crippen LogP contribution in [0.2, 0.25) is 0 Å². The Hall–Kier alpha value is -0.990. The third kappa shape index (κ3) is 1.97. The Morgan fingerprint density at radius 2 is 2.09 bits per heavy atom. The first-order valence-corrected chi connectivity index (χ1v) is 3.65. The molecule has 0 radical (unpaired) electrons. The van der Waals surface area contributed by atoms with Crippen LogP contribution < -0.4 is 0 Å². The van der Waals surface area contributed by atoms with Crippen LogP contribution in [0.15, 0.2) is 11.8 Å². The first-order valence-electron chi connectivity index (χ1n) is 3.65. The molecular weight excluding hydrogens is 144 g/mol. The van der Waals surface area contributed by atoms with E-state index in [1.165, 1.54) is 6.08 Å². The van der Waals surface area contributed by atoms with Crippen molar-refractivity contribution < 1.29 is 14.3 Å². The molecule has 1 aliphatic heterocycles. The molecule has 1 heterocycles. The molecule has 3 nitrogen and oxygen atoms in total. The van der Waals surface area contributed by atoms with Gasteiger partial charge >= 0.3 is 5.97 Å². The zero-order valence-corrected chi connectivity index (χ0v) is 6.96. The van der Waals surface area contributed by atoms with Gasteiger partial charge in [-0.3, -0.25) is 0 Å². The summed E-state index contributed by atoms with van der Waals surface area (Å²) in [4.78, 5) is 10.8. The van der Waals surface area contributed by atoms with Gasteiger partial charge < -0.3 is 9.47 Å². The van der Waals surface area contributed by atoms with E-state index in [-0.39, 0.29) is 11.9 Å². The Kier molecular flexibility index (Phi) is 2.17. The summed E-state index contributed by atoms with van der Waals surface area (Å²) in [6.45, 7) is 5.63. The molecule has 0 aliphatic carbocycles. The van der Waals surface area contributed by atoms with Crippen LogP contribution in [0.4, 0.5) is 0 Å². The highest BCUT2D eigenvalue weighted by atomic mass is 16.7. The third-order valence-electron chi connectivity index (χ3n) is 1.40. The van der Waals surface area contributed by atoms with Crippen molar-refractivity contribution in [3.63, 3.8) is 0 Å². The molecule has 0 aromatic heterocycles. The fraction of sp³-hybridized carbons (Fsp3) is 0.625. The lowest BCUT2D eigenvalue weighted by Gasteiger charge is -2.25. The van der Waals surface area contributed by atoms with Gasteiger partial charge in [0.05, 0.1) is 6.08 Å².